The van der Waals surface area contributed by atoms with Crippen LogP contribution in [0.15, 0.2) is 6.07 Å². The largest absolute Gasteiger partial charge is 0.466 e. The van der Waals surface area contributed by atoms with Gasteiger partial charge in [-0.2, -0.15) is 0 Å². The first-order chi connectivity index (χ1) is 11.4. The monoisotopic (exact) mass is 355 g/mol. The maximum atomic E-state index is 12.1. The topological polar surface area (TPSA) is 81.7 Å². The normalized spacial score (nSPS) is 10.5. The summed E-state index contributed by atoms with van der Waals surface area (Å²) in [5.41, 5.74) is 0.379. The third-order valence-corrected chi connectivity index (χ3v) is 4.51. The highest BCUT2D eigenvalue weighted by molar-refractivity contribution is 7.16. The van der Waals surface area contributed by atoms with Crippen molar-refractivity contribution in [3.63, 3.8) is 0 Å². The minimum absolute atomic E-state index is 0.190. The summed E-state index contributed by atoms with van der Waals surface area (Å²) in [6.07, 6.45) is 0.797. The van der Waals surface area contributed by atoms with Crippen LogP contribution in [0, 0.1) is 0 Å². The standard InChI is InChI=1S/C17H25NO5S/c1-5-22-15(20)9-7-8-14(19)18-16-12(17(21)23-6-2)10-13(24-16)11(3)4/h10-11H,5-9H2,1-4H3,(H,18,19). The number of amides is 1. The summed E-state index contributed by atoms with van der Waals surface area (Å²) in [7, 11) is 0. The number of carbonyl (C=O) groups is 3. The van der Waals surface area contributed by atoms with Crippen molar-refractivity contribution in [2.24, 2.45) is 0 Å². The molecular weight excluding hydrogens is 330 g/mol. The highest BCUT2D eigenvalue weighted by atomic mass is 32.1. The zero-order valence-electron chi connectivity index (χ0n) is 14.6. The van der Waals surface area contributed by atoms with Crippen LogP contribution in [0.4, 0.5) is 5.00 Å². The Morgan fingerprint density at radius 1 is 1.12 bits per heavy atom. The van der Waals surface area contributed by atoms with Crippen LogP contribution in [-0.4, -0.2) is 31.1 Å². The van der Waals surface area contributed by atoms with Gasteiger partial charge in [-0.15, -0.1) is 11.3 Å². The van der Waals surface area contributed by atoms with Crippen LogP contribution < -0.4 is 5.32 Å². The predicted molar refractivity (Wildman–Crippen MR) is 93.5 cm³/mol. The van der Waals surface area contributed by atoms with Crippen molar-refractivity contribution in [3.05, 3.63) is 16.5 Å². The number of carbonyl (C=O) groups excluding carboxylic acids is 3. The van der Waals surface area contributed by atoms with Gasteiger partial charge in [0.05, 0.1) is 18.8 Å². The molecule has 1 aromatic rings. The van der Waals surface area contributed by atoms with E-state index >= 15 is 0 Å². The summed E-state index contributed by atoms with van der Waals surface area (Å²) in [6.45, 7) is 8.13. The van der Waals surface area contributed by atoms with Gasteiger partial charge in [-0.05, 0) is 32.3 Å². The van der Waals surface area contributed by atoms with Crippen LogP contribution in [0.5, 0.6) is 0 Å². The van der Waals surface area contributed by atoms with E-state index in [2.05, 4.69) is 5.32 Å². The molecule has 0 bridgehead atoms. The maximum Gasteiger partial charge on any atom is 0.341 e. The molecule has 0 fully saturated rings. The summed E-state index contributed by atoms with van der Waals surface area (Å²) in [5, 5.41) is 3.26. The molecule has 1 rings (SSSR count). The molecule has 1 aromatic heterocycles. The molecule has 7 heteroatoms. The second kappa shape index (κ2) is 10.1. The Morgan fingerprint density at radius 3 is 2.38 bits per heavy atom. The number of hydrogen-bond donors (Lipinski definition) is 1. The Bertz CT molecular complexity index is 580. The summed E-state index contributed by atoms with van der Waals surface area (Å²) >= 11 is 1.37. The first-order valence-corrected chi connectivity index (χ1v) is 8.96. The van der Waals surface area contributed by atoms with E-state index in [0.717, 1.165) is 4.88 Å². The predicted octanol–water partition coefficient (Wildman–Crippen LogP) is 3.72. The van der Waals surface area contributed by atoms with Gasteiger partial charge in [0.15, 0.2) is 0 Å². The third kappa shape index (κ3) is 6.31. The van der Waals surface area contributed by atoms with Gasteiger partial charge in [-0.1, -0.05) is 13.8 Å². The molecule has 0 aliphatic carbocycles. The molecule has 0 atom stereocenters. The average Bonchev–Trinajstić information content (AvgIpc) is 2.92. The Morgan fingerprint density at radius 2 is 1.79 bits per heavy atom. The first-order valence-electron chi connectivity index (χ1n) is 8.15. The van der Waals surface area contributed by atoms with Crippen molar-refractivity contribution in [2.45, 2.75) is 52.9 Å². The van der Waals surface area contributed by atoms with Gasteiger partial charge in [0, 0.05) is 17.7 Å². The number of thiophene rings is 1. The van der Waals surface area contributed by atoms with Crippen molar-refractivity contribution >= 4 is 34.2 Å². The molecule has 0 aliphatic heterocycles. The molecule has 0 unspecified atom stereocenters. The summed E-state index contributed by atoms with van der Waals surface area (Å²) < 4.78 is 9.86. The second-order valence-electron chi connectivity index (χ2n) is 5.47. The highest BCUT2D eigenvalue weighted by Gasteiger charge is 2.20. The van der Waals surface area contributed by atoms with Gasteiger partial charge in [-0.3, -0.25) is 9.59 Å². The molecule has 1 heterocycles. The van der Waals surface area contributed by atoms with Gasteiger partial charge in [-0.25, -0.2) is 4.79 Å². The summed E-state index contributed by atoms with van der Waals surface area (Å²) in [6, 6.07) is 1.77. The van der Waals surface area contributed by atoms with Crippen molar-refractivity contribution in [1.82, 2.24) is 0 Å². The quantitative estimate of drug-likeness (QED) is 0.683. The summed E-state index contributed by atoms with van der Waals surface area (Å²) in [5.74, 6) is -0.738. The lowest BCUT2D eigenvalue weighted by Crippen LogP contribution is -2.14. The van der Waals surface area contributed by atoms with E-state index in [9.17, 15) is 14.4 Å². The number of hydrogen-bond acceptors (Lipinski definition) is 6. The minimum atomic E-state index is -0.442. The highest BCUT2D eigenvalue weighted by Crippen LogP contribution is 2.33. The molecule has 0 saturated carbocycles. The van der Waals surface area contributed by atoms with E-state index in [1.165, 1.54) is 11.3 Å². The third-order valence-electron chi connectivity index (χ3n) is 3.16. The average molecular weight is 355 g/mol. The fraction of sp³-hybridized carbons (Fsp3) is 0.588. The lowest BCUT2D eigenvalue weighted by atomic mass is 10.1. The molecular formula is C17H25NO5S. The summed E-state index contributed by atoms with van der Waals surface area (Å²) in [4.78, 5) is 36.3. The molecule has 1 N–H and O–H groups in total. The zero-order valence-corrected chi connectivity index (χ0v) is 15.5. The van der Waals surface area contributed by atoms with Crippen LogP contribution in [0.2, 0.25) is 0 Å². The molecule has 134 valence electrons. The van der Waals surface area contributed by atoms with Gasteiger partial charge in [0.1, 0.15) is 5.00 Å². The van der Waals surface area contributed by atoms with E-state index in [4.69, 9.17) is 9.47 Å². The molecule has 6 nitrogen and oxygen atoms in total. The van der Waals surface area contributed by atoms with E-state index in [1.54, 1.807) is 19.9 Å². The zero-order chi connectivity index (χ0) is 18.1. The number of nitrogens with one attached hydrogen (secondary N) is 1. The number of esters is 2. The lowest BCUT2D eigenvalue weighted by molar-refractivity contribution is -0.143. The Hall–Kier alpha value is -1.89. The SMILES string of the molecule is CCOC(=O)CCCC(=O)Nc1sc(C(C)C)cc1C(=O)OCC. The van der Waals surface area contributed by atoms with Crippen molar-refractivity contribution in [1.29, 1.82) is 0 Å². The molecule has 1 amide bonds. The van der Waals surface area contributed by atoms with Gasteiger partial charge in [0.2, 0.25) is 5.91 Å². The smallest absolute Gasteiger partial charge is 0.341 e. The van der Waals surface area contributed by atoms with Crippen LogP contribution >= 0.6 is 11.3 Å². The minimum Gasteiger partial charge on any atom is -0.466 e. The number of rotatable bonds is 9. The molecule has 0 saturated heterocycles. The van der Waals surface area contributed by atoms with Crippen LogP contribution in [0.1, 0.15) is 68.1 Å². The van der Waals surface area contributed by atoms with Crippen molar-refractivity contribution < 1.29 is 23.9 Å². The fourth-order valence-electron chi connectivity index (χ4n) is 1.96. The van der Waals surface area contributed by atoms with Crippen molar-refractivity contribution in [3.8, 4) is 0 Å². The maximum absolute atomic E-state index is 12.1. The number of ether oxygens (including phenoxy) is 2. The molecule has 0 radical (unpaired) electrons. The van der Waals surface area contributed by atoms with Crippen LogP contribution in [0.25, 0.3) is 0 Å². The molecule has 24 heavy (non-hydrogen) atoms. The van der Waals surface area contributed by atoms with Crippen LogP contribution in [-0.2, 0) is 19.1 Å². The Kier molecular flexibility index (Phi) is 8.46. The van der Waals surface area contributed by atoms with Gasteiger partial charge in [0.25, 0.3) is 0 Å². The second-order valence-corrected chi connectivity index (χ2v) is 6.56. The lowest BCUT2D eigenvalue weighted by Gasteiger charge is -2.06. The van der Waals surface area contributed by atoms with E-state index in [-0.39, 0.29) is 37.2 Å². The molecule has 0 aliphatic rings. The van der Waals surface area contributed by atoms with Crippen molar-refractivity contribution in [2.75, 3.05) is 18.5 Å². The van der Waals surface area contributed by atoms with Gasteiger partial charge < -0.3 is 14.8 Å². The van der Waals surface area contributed by atoms with E-state index in [0.29, 0.717) is 23.6 Å². The molecule has 0 spiro atoms. The first kappa shape index (κ1) is 20.2. The fourth-order valence-corrected chi connectivity index (χ4v) is 3.03. The Balaban J connectivity index is 2.69. The Labute approximate surface area is 146 Å². The van der Waals surface area contributed by atoms with Crippen LogP contribution in [0.3, 0.4) is 0 Å². The van der Waals surface area contributed by atoms with E-state index < -0.39 is 5.97 Å². The van der Waals surface area contributed by atoms with Gasteiger partial charge >= 0.3 is 11.9 Å². The molecule has 0 aromatic carbocycles. The number of anilines is 1. The van der Waals surface area contributed by atoms with E-state index in [1.807, 2.05) is 13.8 Å².